The van der Waals surface area contributed by atoms with E-state index in [9.17, 15) is 9.59 Å². The summed E-state index contributed by atoms with van der Waals surface area (Å²) in [7, 11) is 1.59. The zero-order valence-corrected chi connectivity index (χ0v) is 18.8. The standard InChI is InChI=1S/C25H23N3O3S/c1-15-4-13-21-22(14-15)32-25(28-21)18-5-9-19(10-6-18)27-24(30)23(29)26-16(2)17-7-11-20(31-3)12-8-17/h4-14,16H,1-3H3,(H,26,29)(H,27,30). The lowest BCUT2D eigenvalue weighted by molar-refractivity contribution is -0.136. The number of anilines is 1. The van der Waals surface area contributed by atoms with E-state index in [0.717, 1.165) is 32.1 Å². The van der Waals surface area contributed by atoms with Crippen LogP contribution in [0.15, 0.2) is 66.7 Å². The normalized spacial score (nSPS) is 11.7. The van der Waals surface area contributed by atoms with Crippen LogP contribution in [0.3, 0.4) is 0 Å². The predicted octanol–water partition coefficient (Wildman–Crippen LogP) is 5.10. The minimum atomic E-state index is -0.714. The van der Waals surface area contributed by atoms with Gasteiger partial charge in [-0.2, -0.15) is 0 Å². The van der Waals surface area contributed by atoms with Crippen LogP contribution < -0.4 is 15.4 Å². The molecule has 0 aliphatic heterocycles. The smallest absolute Gasteiger partial charge is 0.313 e. The van der Waals surface area contributed by atoms with Gasteiger partial charge in [0.15, 0.2) is 0 Å². The Hall–Kier alpha value is -3.71. The van der Waals surface area contributed by atoms with Crippen molar-refractivity contribution >= 4 is 39.1 Å². The fraction of sp³-hybridized carbons (Fsp3) is 0.160. The van der Waals surface area contributed by atoms with Gasteiger partial charge in [0.05, 0.1) is 23.4 Å². The van der Waals surface area contributed by atoms with Gasteiger partial charge in [0.25, 0.3) is 0 Å². The highest BCUT2D eigenvalue weighted by atomic mass is 32.1. The third-order valence-corrected chi connectivity index (χ3v) is 6.17. The van der Waals surface area contributed by atoms with Gasteiger partial charge < -0.3 is 15.4 Å². The maximum absolute atomic E-state index is 12.3. The molecule has 2 amide bonds. The van der Waals surface area contributed by atoms with Crippen LogP contribution >= 0.6 is 11.3 Å². The van der Waals surface area contributed by atoms with Gasteiger partial charge in [0.2, 0.25) is 0 Å². The second-order valence-corrected chi connectivity index (χ2v) is 8.52. The van der Waals surface area contributed by atoms with Crippen molar-refractivity contribution < 1.29 is 14.3 Å². The molecule has 0 aliphatic carbocycles. The molecular formula is C25H23N3O3S. The highest BCUT2D eigenvalue weighted by molar-refractivity contribution is 7.21. The number of ether oxygens (including phenoxy) is 1. The quantitative estimate of drug-likeness (QED) is 0.419. The number of hydrogen-bond donors (Lipinski definition) is 2. The fourth-order valence-corrected chi connectivity index (χ4v) is 4.35. The molecule has 0 bridgehead atoms. The Labute approximate surface area is 190 Å². The molecule has 2 N–H and O–H groups in total. The highest BCUT2D eigenvalue weighted by Crippen LogP contribution is 2.31. The first-order valence-electron chi connectivity index (χ1n) is 10.2. The molecule has 0 radical (unpaired) electrons. The Balaban J connectivity index is 1.38. The van der Waals surface area contributed by atoms with Gasteiger partial charge in [-0.3, -0.25) is 9.59 Å². The molecule has 1 heterocycles. The number of rotatable bonds is 5. The molecule has 0 saturated heterocycles. The molecule has 0 aliphatic rings. The number of methoxy groups -OCH3 is 1. The van der Waals surface area contributed by atoms with Crippen LogP contribution in [0, 0.1) is 6.92 Å². The van der Waals surface area contributed by atoms with Gasteiger partial charge in [0, 0.05) is 11.3 Å². The highest BCUT2D eigenvalue weighted by Gasteiger charge is 2.17. The maximum atomic E-state index is 12.3. The molecule has 1 unspecified atom stereocenters. The van der Waals surface area contributed by atoms with Crippen LogP contribution in [0.1, 0.15) is 24.1 Å². The lowest BCUT2D eigenvalue weighted by Crippen LogP contribution is -2.36. The average Bonchev–Trinajstić information content (AvgIpc) is 3.22. The van der Waals surface area contributed by atoms with Crippen LogP contribution in [0.4, 0.5) is 5.69 Å². The number of nitrogens with zero attached hydrogens (tertiary/aromatic N) is 1. The largest absolute Gasteiger partial charge is 0.497 e. The van der Waals surface area contributed by atoms with Gasteiger partial charge in [-0.25, -0.2) is 4.98 Å². The zero-order valence-electron chi connectivity index (χ0n) is 18.0. The summed E-state index contributed by atoms with van der Waals surface area (Å²) in [6.07, 6.45) is 0. The first-order chi connectivity index (χ1) is 15.4. The summed E-state index contributed by atoms with van der Waals surface area (Å²) in [6, 6.07) is 20.5. The lowest BCUT2D eigenvalue weighted by Gasteiger charge is -2.14. The fourth-order valence-electron chi connectivity index (χ4n) is 3.28. The summed E-state index contributed by atoms with van der Waals surface area (Å²) >= 11 is 1.63. The number of aryl methyl sites for hydroxylation is 1. The second-order valence-electron chi connectivity index (χ2n) is 7.49. The van der Waals surface area contributed by atoms with Gasteiger partial charge in [-0.1, -0.05) is 18.2 Å². The summed E-state index contributed by atoms with van der Waals surface area (Å²) in [5.74, 6) is -0.679. The molecule has 0 saturated carbocycles. The van der Waals surface area contributed by atoms with E-state index < -0.39 is 11.8 Å². The first-order valence-corrected chi connectivity index (χ1v) is 11.0. The Morgan fingerprint density at radius 1 is 0.969 bits per heavy atom. The second kappa shape index (κ2) is 9.20. The molecule has 6 nitrogen and oxygen atoms in total. The number of aromatic nitrogens is 1. The number of benzene rings is 3. The average molecular weight is 446 g/mol. The van der Waals surface area contributed by atoms with E-state index in [-0.39, 0.29) is 6.04 Å². The van der Waals surface area contributed by atoms with E-state index in [4.69, 9.17) is 4.74 Å². The Kier molecular flexibility index (Phi) is 6.18. The minimum Gasteiger partial charge on any atom is -0.497 e. The van der Waals surface area contributed by atoms with E-state index in [1.807, 2.05) is 55.5 Å². The molecule has 7 heteroatoms. The van der Waals surface area contributed by atoms with Crippen LogP contribution in [0.25, 0.3) is 20.8 Å². The van der Waals surface area contributed by atoms with Crippen LogP contribution in [0.5, 0.6) is 5.75 Å². The van der Waals surface area contributed by atoms with Crippen molar-refractivity contribution in [3.63, 3.8) is 0 Å². The molecule has 1 aromatic heterocycles. The van der Waals surface area contributed by atoms with E-state index >= 15 is 0 Å². The van der Waals surface area contributed by atoms with Crippen molar-refractivity contribution in [2.45, 2.75) is 19.9 Å². The van der Waals surface area contributed by atoms with Gasteiger partial charge in [-0.05, 0) is 73.5 Å². The topological polar surface area (TPSA) is 80.3 Å². The number of carbonyl (C=O) groups is 2. The molecule has 0 spiro atoms. The summed E-state index contributed by atoms with van der Waals surface area (Å²) in [6.45, 7) is 3.88. The Morgan fingerprint density at radius 2 is 1.69 bits per heavy atom. The summed E-state index contributed by atoms with van der Waals surface area (Å²) < 4.78 is 6.28. The molecular weight excluding hydrogens is 422 g/mol. The molecule has 0 fully saturated rings. The van der Waals surface area contributed by atoms with Gasteiger partial charge in [0.1, 0.15) is 10.8 Å². The molecule has 3 aromatic carbocycles. The molecule has 32 heavy (non-hydrogen) atoms. The van der Waals surface area contributed by atoms with Crippen molar-refractivity contribution in [1.82, 2.24) is 10.3 Å². The van der Waals surface area contributed by atoms with Crippen molar-refractivity contribution in [1.29, 1.82) is 0 Å². The van der Waals surface area contributed by atoms with Gasteiger partial charge in [-0.15, -0.1) is 11.3 Å². The number of hydrogen-bond acceptors (Lipinski definition) is 5. The molecule has 4 aromatic rings. The summed E-state index contributed by atoms with van der Waals surface area (Å²) in [4.78, 5) is 29.3. The number of carbonyl (C=O) groups excluding carboxylic acids is 2. The van der Waals surface area contributed by atoms with Crippen molar-refractivity contribution in [2.24, 2.45) is 0 Å². The van der Waals surface area contributed by atoms with Crippen LogP contribution in [-0.2, 0) is 9.59 Å². The van der Waals surface area contributed by atoms with E-state index in [1.54, 1.807) is 30.6 Å². The maximum Gasteiger partial charge on any atom is 0.313 e. The third kappa shape index (κ3) is 4.78. The predicted molar refractivity (Wildman–Crippen MR) is 128 cm³/mol. The van der Waals surface area contributed by atoms with E-state index in [0.29, 0.717) is 5.69 Å². The zero-order chi connectivity index (χ0) is 22.7. The number of amides is 2. The number of fused-ring (bicyclic) bond motifs is 1. The lowest BCUT2D eigenvalue weighted by atomic mass is 10.1. The first kappa shape index (κ1) is 21.5. The summed E-state index contributed by atoms with van der Waals surface area (Å²) in [5.41, 5.74) is 4.55. The van der Waals surface area contributed by atoms with E-state index in [1.165, 1.54) is 5.56 Å². The van der Waals surface area contributed by atoms with Gasteiger partial charge >= 0.3 is 11.8 Å². The van der Waals surface area contributed by atoms with Crippen LogP contribution in [-0.4, -0.2) is 23.9 Å². The van der Waals surface area contributed by atoms with E-state index in [2.05, 4.69) is 28.6 Å². The van der Waals surface area contributed by atoms with Crippen molar-refractivity contribution in [2.75, 3.05) is 12.4 Å². The third-order valence-electron chi connectivity index (χ3n) is 5.10. The molecule has 162 valence electrons. The Morgan fingerprint density at radius 3 is 2.38 bits per heavy atom. The number of thiazole rings is 1. The SMILES string of the molecule is COc1ccc(C(C)NC(=O)C(=O)Nc2ccc(-c3nc4ccc(C)cc4s3)cc2)cc1. The van der Waals surface area contributed by atoms with Crippen molar-refractivity contribution in [3.8, 4) is 16.3 Å². The Bertz CT molecular complexity index is 1260. The number of nitrogens with one attached hydrogen (secondary N) is 2. The van der Waals surface area contributed by atoms with Crippen LogP contribution in [0.2, 0.25) is 0 Å². The molecule has 1 atom stereocenters. The minimum absolute atomic E-state index is 0.316. The van der Waals surface area contributed by atoms with Crippen molar-refractivity contribution in [3.05, 3.63) is 77.9 Å². The molecule has 4 rings (SSSR count). The summed E-state index contributed by atoms with van der Waals surface area (Å²) in [5, 5.41) is 6.26. The monoisotopic (exact) mass is 445 g/mol.